The summed E-state index contributed by atoms with van der Waals surface area (Å²) < 4.78 is 1.70. The maximum Gasteiger partial charge on any atom is 0.282 e. The van der Waals surface area contributed by atoms with Crippen LogP contribution in [0.15, 0.2) is 55.1 Å². The number of halogens is 1. The van der Waals surface area contributed by atoms with Gasteiger partial charge in [0, 0.05) is 17.6 Å². The number of hydrogen-bond acceptors (Lipinski definition) is 5. The normalized spacial score (nSPS) is 10.5. The van der Waals surface area contributed by atoms with Crippen LogP contribution in [0.3, 0.4) is 0 Å². The lowest BCUT2D eigenvalue weighted by Gasteiger charge is -2.08. The number of hydrogen-bond donors (Lipinski definition) is 1. The van der Waals surface area contributed by atoms with Gasteiger partial charge >= 0.3 is 0 Å². The largest absolute Gasteiger partial charge is 0.348 e. The molecular formula is C17H14ClN5O3. The smallest absolute Gasteiger partial charge is 0.282 e. The van der Waals surface area contributed by atoms with E-state index in [-0.39, 0.29) is 22.8 Å². The Balaban J connectivity index is 1.64. The van der Waals surface area contributed by atoms with Gasteiger partial charge in [-0.25, -0.2) is 9.67 Å². The minimum Gasteiger partial charge on any atom is -0.348 e. The lowest BCUT2D eigenvalue weighted by atomic mass is 10.1. The van der Waals surface area contributed by atoms with Gasteiger partial charge in [-0.05, 0) is 23.3 Å². The number of rotatable bonds is 6. The molecule has 1 N–H and O–H groups in total. The predicted octanol–water partition coefficient (Wildman–Crippen LogP) is 2.82. The fourth-order valence-corrected chi connectivity index (χ4v) is 2.56. The summed E-state index contributed by atoms with van der Waals surface area (Å²) in [5.41, 5.74) is 1.56. The summed E-state index contributed by atoms with van der Waals surface area (Å²) in [6.07, 6.45) is 3.10. The number of nitrogens with one attached hydrogen (secondary N) is 1. The zero-order valence-corrected chi connectivity index (χ0v) is 14.3. The monoisotopic (exact) mass is 371 g/mol. The van der Waals surface area contributed by atoms with E-state index >= 15 is 0 Å². The number of benzene rings is 2. The van der Waals surface area contributed by atoms with Gasteiger partial charge < -0.3 is 5.32 Å². The number of nitrogens with zero attached hydrogens (tertiary/aromatic N) is 4. The van der Waals surface area contributed by atoms with Crippen molar-refractivity contribution in [1.29, 1.82) is 0 Å². The van der Waals surface area contributed by atoms with Crippen molar-refractivity contribution in [2.75, 3.05) is 0 Å². The predicted molar refractivity (Wildman–Crippen MR) is 94.8 cm³/mol. The van der Waals surface area contributed by atoms with Gasteiger partial charge in [-0.3, -0.25) is 14.9 Å². The van der Waals surface area contributed by atoms with Gasteiger partial charge in [0.1, 0.15) is 18.2 Å². The van der Waals surface area contributed by atoms with Gasteiger partial charge in [0.15, 0.2) is 0 Å². The molecule has 3 rings (SSSR count). The number of carbonyl (C=O) groups excluding carboxylic acids is 1. The SMILES string of the molecule is O=C(NCc1ccc(Cn2cncn2)cc1)c1cc(Cl)ccc1[N+](=O)[O-]. The van der Waals surface area contributed by atoms with Gasteiger partial charge in [-0.1, -0.05) is 35.9 Å². The molecule has 1 amide bonds. The Bertz CT molecular complexity index is 926. The van der Waals surface area contributed by atoms with Crippen LogP contribution in [0.5, 0.6) is 0 Å². The fraction of sp³-hybridized carbons (Fsp3) is 0.118. The molecule has 9 heteroatoms. The Morgan fingerprint density at radius 1 is 1.19 bits per heavy atom. The number of nitro benzene ring substituents is 1. The van der Waals surface area contributed by atoms with E-state index < -0.39 is 10.8 Å². The first-order valence-corrected chi connectivity index (χ1v) is 8.03. The number of nitro groups is 1. The summed E-state index contributed by atoms with van der Waals surface area (Å²) >= 11 is 5.84. The van der Waals surface area contributed by atoms with Crippen molar-refractivity contribution in [3.8, 4) is 0 Å². The van der Waals surface area contributed by atoms with E-state index in [9.17, 15) is 14.9 Å². The summed E-state index contributed by atoms with van der Waals surface area (Å²) in [6.45, 7) is 0.841. The van der Waals surface area contributed by atoms with Gasteiger partial charge in [-0.2, -0.15) is 5.10 Å². The topological polar surface area (TPSA) is 103 Å². The van der Waals surface area contributed by atoms with Gasteiger partial charge in [-0.15, -0.1) is 0 Å². The molecule has 0 fully saturated rings. The molecule has 0 saturated heterocycles. The Labute approximate surface area is 153 Å². The van der Waals surface area contributed by atoms with E-state index in [1.807, 2.05) is 24.3 Å². The summed E-state index contributed by atoms with van der Waals surface area (Å²) in [4.78, 5) is 26.6. The summed E-state index contributed by atoms with van der Waals surface area (Å²) in [7, 11) is 0. The lowest BCUT2D eigenvalue weighted by molar-refractivity contribution is -0.385. The highest BCUT2D eigenvalue weighted by Gasteiger charge is 2.20. The summed E-state index contributed by atoms with van der Waals surface area (Å²) in [5.74, 6) is -0.550. The molecule has 0 saturated carbocycles. The van der Waals surface area contributed by atoms with Crippen molar-refractivity contribution in [2.45, 2.75) is 13.1 Å². The minimum atomic E-state index is -0.607. The summed E-state index contributed by atoms with van der Waals surface area (Å²) in [6, 6.07) is 11.5. The van der Waals surface area contributed by atoms with Crippen LogP contribution in [0.25, 0.3) is 0 Å². The number of amides is 1. The Hall–Kier alpha value is -3.26. The second kappa shape index (κ2) is 7.75. The molecule has 8 nitrogen and oxygen atoms in total. The molecule has 0 spiro atoms. The van der Waals surface area contributed by atoms with Gasteiger partial charge in [0.05, 0.1) is 11.5 Å². The Morgan fingerprint density at radius 2 is 1.92 bits per heavy atom. The van der Waals surface area contributed by atoms with Gasteiger partial charge in [0.25, 0.3) is 11.6 Å². The second-order valence-electron chi connectivity index (χ2n) is 5.51. The maximum absolute atomic E-state index is 12.3. The molecule has 2 aromatic carbocycles. The average Bonchev–Trinajstić information content (AvgIpc) is 3.13. The van der Waals surface area contributed by atoms with E-state index in [0.717, 1.165) is 11.1 Å². The third kappa shape index (κ3) is 4.22. The second-order valence-corrected chi connectivity index (χ2v) is 5.95. The van der Waals surface area contributed by atoms with Crippen LogP contribution in [-0.2, 0) is 13.1 Å². The van der Waals surface area contributed by atoms with E-state index in [1.165, 1.54) is 24.5 Å². The Kier molecular flexibility index (Phi) is 5.23. The third-order valence-electron chi connectivity index (χ3n) is 3.69. The first-order valence-electron chi connectivity index (χ1n) is 7.65. The van der Waals surface area contributed by atoms with Crippen molar-refractivity contribution in [1.82, 2.24) is 20.1 Å². The highest BCUT2D eigenvalue weighted by Crippen LogP contribution is 2.22. The Morgan fingerprint density at radius 3 is 2.58 bits per heavy atom. The molecule has 132 valence electrons. The van der Waals surface area contributed by atoms with Crippen LogP contribution in [-0.4, -0.2) is 25.6 Å². The van der Waals surface area contributed by atoms with Crippen molar-refractivity contribution in [2.24, 2.45) is 0 Å². The lowest BCUT2D eigenvalue weighted by Crippen LogP contribution is -2.23. The minimum absolute atomic E-state index is 0.0645. The van der Waals surface area contributed by atoms with E-state index in [0.29, 0.717) is 6.54 Å². The zero-order valence-electron chi connectivity index (χ0n) is 13.5. The van der Waals surface area contributed by atoms with Crippen LogP contribution in [0, 0.1) is 10.1 Å². The average molecular weight is 372 g/mol. The van der Waals surface area contributed by atoms with E-state index in [1.54, 1.807) is 11.0 Å². The number of aromatic nitrogens is 3. The van der Waals surface area contributed by atoms with Crippen molar-refractivity contribution in [3.63, 3.8) is 0 Å². The molecule has 0 atom stereocenters. The fourth-order valence-electron chi connectivity index (χ4n) is 2.39. The highest BCUT2D eigenvalue weighted by atomic mass is 35.5. The number of carbonyl (C=O) groups is 1. The van der Waals surface area contributed by atoms with Crippen molar-refractivity contribution < 1.29 is 9.72 Å². The first kappa shape index (κ1) is 17.6. The molecule has 0 aliphatic rings. The van der Waals surface area contributed by atoms with Gasteiger partial charge in [0.2, 0.25) is 0 Å². The van der Waals surface area contributed by atoms with Crippen LogP contribution >= 0.6 is 11.6 Å². The highest BCUT2D eigenvalue weighted by molar-refractivity contribution is 6.31. The first-order chi connectivity index (χ1) is 12.5. The van der Waals surface area contributed by atoms with E-state index in [4.69, 9.17) is 11.6 Å². The third-order valence-corrected chi connectivity index (χ3v) is 3.92. The summed E-state index contributed by atoms with van der Waals surface area (Å²) in [5, 5.41) is 18.0. The molecule has 1 heterocycles. The van der Waals surface area contributed by atoms with Crippen molar-refractivity contribution >= 4 is 23.2 Å². The molecule has 26 heavy (non-hydrogen) atoms. The zero-order chi connectivity index (χ0) is 18.5. The molecule has 0 radical (unpaired) electrons. The molecule has 3 aromatic rings. The molecule has 0 aliphatic heterocycles. The van der Waals surface area contributed by atoms with Crippen LogP contribution in [0.4, 0.5) is 5.69 Å². The van der Waals surface area contributed by atoms with Crippen LogP contribution in [0.1, 0.15) is 21.5 Å². The molecule has 0 aliphatic carbocycles. The maximum atomic E-state index is 12.3. The van der Waals surface area contributed by atoms with Crippen LogP contribution in [0.2, 0.25) is 5.02 Å². The molecular weight excluding hydrogens is 358 g/mol. The molecule has 0 unspecified atom stereocenters. The van der Waals surface area contributed by atoms with Crippen LogP contribution < -0.4 is 5.32 Å². The molecule has 0 bridgehead atoms. The quantitative estimate of drug-likeness (QED) is 0.530. The van der Waals surface area contributed by atoms with E-state index in [2.05, 4.69) is 15.4 Å². The standard InChI is InChI=1S/C17H14ClN5O3/c18-14-5-6-16(23(25)26)15(7-14)17(24)20-8-12-1-3-13(4-2-12)9-22-11-19-10-21-22/h1-7,10-11H,8-9H2,(H,20,24). The van der Waals surface area contributed by atoms with Crippen molar-refractivity contribution in [3.05, 3.63) is 86.9 Å². The molecule has 1 aromatic heterocycles.